The molecular weight excluding hydrogens is 795 g/mol. The molecule has 63 heavy (non-hydrogen) atoms. The van der Waals surface area contributed by atoms with E-state index in [1.165, 1.54) is 12.8 Å². The number of ketones is 1. The number of imide groups is 1. The molecule has 5 saturated heterocycles. The first-order valence-electron chi connectivity index (χ1n) is 23.0. The fourth-order valence-electron chi connectivity index (χ4n) is 11.4. The first-order chi connectivity index (χ1) is 30.5. The van der Waals surface area contributed by atoms with Crippen LogP contribution < -0.4 is 24.6 Å². The number of aromatic nitrogens is 1. The average molecular weight is 856 g/mol. The summed E-state index contributed by atoms with van der Waals surface area (Å²) in [6.07, 6.45) is 9.43. The molecule has 10 rings (SSSR count). The van der Waals surface area contributed by atoms with Crippen molar-refractivity contribution in [2.75, 3.05) is 103 Å². The van der Waals surface area contributed by atoms with E-state index in [1.54, 1.807) is 14.2 Å². The van der Waals surface area contributed by atoms with E-state index in [1.807, 2.05) is 13.2 Å². The van der Waals surface area contributed by atoms with Gasteiger partial charge in [-0.05, 0) is 98.5 Å². The van der Waals surface area contributed by atoms with Crippen molar-refractivity contribution in [3.8, 4) is 11.5 Å². The van der Waals surface area contributed by atoms with Crippen LogP contribution >= 0.6 is 0 Å². The summed E-state index contributed by atoms with van der Waals surface area (Å²) in [6.45, 7) is 15.9. The number of nitrogens with one attached hydrogen (secondary N) is 1. The number of likely N-dealkylation sites (tertiary alicyclic amines) is 2. The lowest BCUT2D eigenvalue weighted by Gasteiger charge is -2.55. The minimum atomic E-state index is -0.190. The molecule has 0 bridgehead atoms. The number of fused-ring (bicyclic) bond motifs is 2. The molecule has 1 aliphatic carbocycles. The molecule has 2 unspecified atom stereocenters. The van der Waals surface area contributed by atoms with E-state index in [-0.39, 0.29) is 29.4 Å². The Morgan fingerprint density at radius 3 is 2.38 bits per heavy atom. The molecule has 7 heterocycles. The number of benzene rings is 2. The Morgan fingerprint density at radius 1 is 0.857 bits per heavy atom. The van der Waals surface area contributed by atoms with Crippen LogP contribution in [0.2, 0.25) is 0 Å². The third-order valence-electron chi connectivity index (χ3n) is 15.1. The van der Waals surface area contributed by atoms with Crippen LogP contribution in [0.3, 0.4) is 0 Å². The second-order valence-electron chi connectivity index (χ2n) is 19.3. The lowest BCUT2D eigenvalue weighted by Crippen LogP contribution is -2.61. The highest BCUT2D eigenvalue weighted by Crippen LogP contribution is 2.45. The second-order valence-corrected chi connectivity index (χ2v) is 19.3. The van der Waals surface area contributed by atoms with Crippen molar-refractivity contribution in [1.82, 2.24) is 25.0 Å². The van der Waals surface area contributed by atoms with Crippen molar-refractivity contribution in [3.63, 3.8) is 0 Å². The number of piperidine rings is 2. The van der Waals surface area contributed by atoms with Gasteiger partial charge in [0, 0.05) is 135 Å². The molecule has 1 aromatic heterocycles. The Labute approximate surface area is 371 Å². The summed E-state index contributed by atoms with van der Waals surface area (Å²) in [5.41, 5.74) is 9.62. The van der Waals surface area contributed by atoms with Crippen molar-refractivity contribution in [1.29, 1.82) is 0 Å². The van der Waals surface area contributed by atoms with Gasteiger partial charge in [0.05, 0.1) is 27.4 Å². The van der Waals surface area contributed by atoms with E-state index in [2.05, 4.69) is 79.0 Å². The zero-order valence-corrected chi connectivity index (χ0v) is 37.1. The highest BCUT2D eigenvalue weighted by molar-refractivity contribution is 6.00. The highest BCUT2D eigenvalue weighted by atomic mass is 16.5. The molecule has 0 saturated carbocycles. The number of pyridine rings is 1. The molecule has 5 fully saturated rings. The maximum absolute atomic E-state index is 13.3. The molecule has 7 aliphatic rings. The van der Waals surface area contributed by atoms with E-state index < -0.39 is 0 Å². The monoisotopic (exact) mass is 855 g/mol. The number of Topliss-reactive ketones (excluding diaryl/α,β-unsaturated/α-hetero) is 1. The number of nitrogens with zero attached hydrogens (tertiary/aromatic N) is 6. The Morgan fingerprint density at radius 2 is 1.63 bits per heavy atom. The SMILES string of the molecule is C=C1c2cnc(N3CCOCC3)cc2C(c2cc(OC)c(CN3CC(CN4CCC5(CC4)CN(c4ccc6c(c4)C(=O)CC(CC4CCC(=O)NC4=O)C6)C5)C3)cc2OC)=CN1C. The minimum absolute atomic E-state index is 0.146. The van der Waals surface area contributed by atoms with E-state index in [0.717, 1.165) is 140 Å². The zero-order valence-electron chi connectivity index (χ0n) is 37.1. The number of hydrogen-bond acceptors (Lipinski definition) is 12. The molecule has 2 atom stereocenters. The number of carbonyl (C=O) groups excluding carboxylic acids is 3. The van der Waals surface area contributed by atoms with Crippen LogP contribution in [0.1, 0.15) is 76.7 Å². The second kappa shape index (κ2) is 17.0. The van der Waals surface area contributed by atoms with Gasteiger partial charge in [0.15, 0.2) is 5.78 Å². The first kappa shape index (κ1) is 41.8. The van der Waals surface area contributed by atoms with Gasteiger partial charge in [-0.2, -0.15) is 0 Å². The number of anilines is 2. The first-order valence-corrected chi connectivity index (χ1v) is 23.0. The molecule has 3 aromatic rings. The predicted molar refractivity (Wildman–Crippen MR) is 243 cm³/mol. The highest BCUT2D eigenvalue weighted by Gasteiger charge is 2.46. The van der Waals surface area contributed by atoms with Gasteiger partial charge in [0.25, 0.3) is 0 Å². The summed E-state index contributed by atoms with van der Waals surface area (Å²) in [5.74, 6) is 3.06. The van der Waals surface area contributed by atoms with Crippen LogP contribution in [0.5, 0.6) is 11.5 Å². The summed E-state index contributed by atoms with van der Waals surface area (Å²) in [7, 11) is 5.53. The minimum Gasteiger partial charge on any atom is -0.496 e. The topological polar surface area (TPSA) is 120 Å². The standard InChI is InChI=1S/C50H61N7O6/c1-32-42-24-51-47(56-13-15-63-16-14-56)23-40(42)43(29-53(32)2)41-22-45(61-3)37(20-46(41)62-4)28-55-26-34(27-55)25-54-11-9-50(10-12-54)30-57(31-50)38-7-5-35-17-33(19-44(58)39(35)21-38)18-36-6-8-48(59)52-49(36)60/h5,7,20-24,29,33-34,36H,1,6,8-19,25-28,30-31H2,2-4H3,(H,52,59,60). The van der Waals surface area contributed by atoms with Crippen LogP contribution in [-0.4, -0.2) is 131 Å². The van der Waals surface area contributed by atoms with Crippen molar-refractivity contribution in [2.45, 2.75) is 51.5 Å². The molecule has 1 spiro atoms. The predicted octanol–water partition coefficient (Wildman–Crippen LogP) is 5.46. The van der Waals surface area contributed by atoms with Gasteiger partial charge in [0.2, 0.25) is 11.8 Å². The fraction of sp³-hybridized carbons (Fsp3) is 0.520. The number of rotatable bonds is 11. The Balaban J connectivity index is 0.714. The quantitative estimate of drug-likeness (QED) is 0.247. The van der Waals surface area contributed by atoms with E-state index >= 15 is 0 Å². The van der Waals surface area contributed by atoms with Gasteiger partial charge >= 0.3 is 0 Å². The Bertz CT molecular complexity index is 2330. The summed E-state index contributed by atoms with van der Waals surface area (Å²) >= 11 is 0. The van der Waals surface area contributed by atoms with E-state index in [4.69, 9.17) is 19.2 Å². The van der Waals surface area contributed by atoms with Crippen LogP contribution in [0, 0.1) is 23.2 Å². The van der Waals surface area contributed by atoms with Crippen LogP contribution in [0.4, 0.5) is 11.5 Å². The van der Waals surface area contributed by atoms with E-state index in [0.29, 0.717) is 50.2 Å². The number of carbonyl (C=O) groups is 3. The van der Waals surface area contributed by atoms with Crippen LogP contribution in [0.25, 0.3) is 11.3 Å². The molecule has 13 heteroatoms. The zero-order chi connectivity index (χ0) is 43.4. The molecule has 0 radical (unpaired) electrons. The van der Waals surface area contributed by atoms with E-state index in [9.17, 15) is 14.4 Å². The normalized spacial score (nSPS) is 24.0. The van der Waals surface area contributed by atoms with Gasteiger partial charge in [0.1, 0.15) is 17.3 Å². The molecule has 332 valence electrons. The third kappa shape index (κ3) is 8.24. The number of ether oxygens (including phenoxy) is 3. The smallest absolute Gasteiger partial charge is 0.229 e. The van der Waals surface area contributed by atoms with Gasteiger partial charge in [-0.1, -0.05) is 12.6 Å². The number of amides is 2. The molecule has 1 N–H and O–H groups in total. The number of hydrogen-bond donors (Lipinski definition) is 1. The van der Waals surface area contributed by atoms with Crippen LogP contribution in [0.15, 0.2) is 55.4 Å². The van der Waals surface area contributed by atoms with Gasteiger partial charge in [-0.3, -0.25) is 24.6 Å². The number of morpholine rings is 1. The lowest BCUT2D eigenvalue weighted by atomic mass is 9.71. The number of methoxy groups -OCH3 is 2. The van der Waals surface area contributed by atoms with Gasteiger partial charge in [-0.15, -0.1) is 0 Å². The van der Waals surface area contributed by atoms with Crippen LogP contribution in [-0.2, 0) is 27.3 Å². The summed E-state index contributed by atoms with van der Waals surface area (Å²) in [5, 5.41) is 2.47. The Kier molecular flexibility index (Phi) is 11.3. The van der Waals surface area contributed by atoms with Crippen molar-refractivity contribution >= 4 is 40.4 Å². The molecule has 13 nitrogen and oxygen atoms in total. The summed E-state index contributed by atoms with van der Waals surface area (Å²) < 4.78 is 17.8. The van der Waals surface area contributed by atoms with Gasteiger partial charge < -0.3 is 33.8 Å². The largest absolute Gasteiger partial charge is 0.496 e. The summed E-state index contributed by atoms with van der Waals surface area (Å²) in [6, 6.07) is 12.9. The lowest BCUT2D eigenvalue weighted by molar-refractivity contribution is -0.136. The third-order valence-corrected chi connectivity index (χ3v) is 15.1. The molecule has 6 aliphatic heterocycles. The molecule has 2 aromatic carbocycles. The summed E-state index contributed by atoms with van der Waals surface area (Å²) in [4.78, 5) is 54.1. The maximum Gasteiger partial charge on any atom is 0.229 e. The van der Waals surface area contributed by atoms with Gasteiger partial charge in [-0.25, -0.2) is 4.98 Å². The Hall–Kier alpha value is -5.24. The van der Waals surface area contributed by atoms with Crippen molar-refractivity contribution < 1.29 is 28.6 Å². The molecular formula is C50H61N7O6. The van der Waals surface area contributed by atoms with Crippen molar-refractivity contribution in [3.05, 3.63) is 88.8 Å². The maximum atomic E-state index is 13.3. The van der Waals surface area contributed by atoms with Crippen molar-refractivity contribution in [2.24, 2.45) is 23.2 Å². The molecule has 2 amide bonds. The fourth-order valence-corrected chi connectivity index (χ4v) is 11.4. The average Bonchev–Trinajstić information content (AvgIpc) is 3.27.